The summed E-state index contributed by atoms with van der Waals surface area (Å²) < 4.78 is 31.4. The van der Waals surface area contributed by atoms with Gasteiger partial charge in [-0.25, -0.2) is 8.78 Å². The Morgan fingerprint density at radius 1 is 1.47 bits per heavy atom. The minimum Gasteiger partial charge on any atom is -0.493 e. The van der Waals surface area contributed by atoms with Gasteiger partial charge >= 0.3 is 0 Å². The molecule has 0 spiro atoms. The highest BCUT2D eigenvalue weighted by atomic mass is 19.3. The van der Waals surface area contributed by atoms with Crippen LogP contribution in [0.2, 0.25) is 0 Å². The van der Waals surface area contributed by atoms with Crippen LogP contribution in [0.25, 0.3) is 0 Å². The first-order valence-electron chi connectivity index (χ1n) is 5.01. The highest BCUT2D eigenvalue weighted by Crippen LogP contribution is 2.37. The van der Waals surface area contributed by atoms with Gasteiger partial charge in [0.2, 0.25) is 0 Å². The van der Waals surface area contributed by atoms with E-state index in [9.17, 15) is 8.78 Å². The van der Waals surface area contributed by atoms with E-state index in [0.717, 1.165) is 0 Å². The molecule has 0 atom stereocenters. The zero-order chi connectivity index (χ0) is 12.1. The van der Waals surface area contributed by atoms with Crippen molar-refractivity contribution in [2.24, 2.45) is 0 Å². The summed E-state index contributed by atoms with van der Waals surface area (Å²) in [5.41, 5.74) is 0.424. The summed E-state index contributed by atoms with van der Waals surface area (Å²) in [7, 11) is 0. The summed E-state index contributed by atoms with van der Waals surface area (Å²) in [5, 5.41) is 0. The van der Waals surface area contributed by atoms with E-state index in [1.807, 2.05) is 13.8 Å². The third-order valence-electron chi connectivity index (χ3n) is 1.78. The summed E-state index contributed by atoms with van der Waals surface area (Å²) in [6.45, 7) is 12.7. The second-order valence-electron chi connectivity index (χ2n) is 3.13. The molecule has 0 radical (unpaired) electrons. The lowest BCUT2D eigenvalue weighted by Crippen LogP contribution is -2.28. The molecule has 1 aliphatic rings. The summed E-state index contributed by atoms with van der Waals surface area (Å²) in [5.74, 6) is -2.77. The molecule has 1 nitrogen and oxygen atoms in total. The maximum absolute atomic E-state index is 13.2. The zero-order valence-corrected chi connectivity index (χ0v) is 9.57. The fourth-order valence-corrected chi connectivity index (χ4v) is 1.15. The molecular weight excluding hydrogens is 198 g/mol. The zero-order valence-electron chi connectivity index (χ0n) is 9.57. The Kier molecular flexibility index (Phi) is 5.26. The molecule has 0 aromatic heterocycles. The molecule has 0 unspecified atom stereocenters. The largest absolute Gasteiger partial charge is 0.493 e. The standard InChI is InChI=1S/C10H12F2O.C2H6/c1-7(2)6-9-8(3)13-5-4-10(9,11)12;1-2/h6H,1,3-5H2,2H3;1-2H3/b9-6+;. The fraction of sp³-hybridized carbons (Fsp3) is 0.500. The lowest BCUT2D eigenvalue weighted by molar-refractivity contribution is -0.0183. The quantitative estimate of drug-likeness (QED) is 0.641. The van der Waals surface area contributed by atoms with Crippen LogP contribution in [-0.4, -0.2) is 12.5 Å². The number of halogens is 2. The Balaban J connectivity index is 0.000000921. The molecule has 1 heterocycles. The molecular formula is C12H18F2O. The average molecular weight is 216 g/mol. The van der Waals surface area contributed by atoms with Crippen molar-refractivity contribution in [3.63, 3.8) is 0 Å². The van der Waals surface area contributed by atoms with Gasteiger partial charge in [-0.15, -0.1) is 0 Å². The monoisotopic (exact) mass is 216 g/mol. The first kappa shape index (κ1) is 13.9. The summed E-state index contributed by atoms with van der Waals surface area (Å²) in [4.78, 5) is 0. The number of alkyl halides is 2. The molecule has 15 heavy (non-hydrogen) atoms. The summed E-state index contributed by atoms with van der Waals surface area (Å²) in [6, 6.07) is 0. The van der Waals surface area contributed by atoms with E-state index < -0.39 is 5.92 Å². The fourth-order valence-electron chi connectivity index (χ4n) is 1.15. The van der Waals surface area contributed by atoms with Gasteiger partial charge in [0.1, 0.15) is 5.76 Å². The number of rotatable bonds is 1. The minimum atomic E-state index is -2.83. The third-order valence-corrected chi connectivity index (χ3v) is 1.78. The smallest absolute Gasteiger partial charge is 0.280 e. The highest BCUT2D eigenvalue weighted by molar-refractivity contribution is 5.37. The van der Waals surface area contributed by atoms with Crippen LogP contribution in [0.5, 0.6) is 0 Å². The molecule has 0 aromatic carbocycles. The van der Waals surface area contributed by atoms with Gasteiger partial charge in [-0.1, -0.05) is 32.6 Å². The molecule has 1 saturated heterocycles. The minimum absolute atomic E-state index is 0.0271. The molecule has 0 aliphatic carbocycles. The van der Waals surface area contributed by atoms with E-state index in [1.54, 1.807) is 6.92 Å². The van der Waals surface area contributed by atoms with Gasteiger partial charge in [0, 0.05) is 0 Å². The van der Waals surface area contributed by atoms with E-state index in [1.165, 1.54) is 6.08 Å². The van der Waals surface area contributed by atoms with Gasteiger partial charge in [0.05, 0.1) is 18.6 Å². The van der Waals surface area contributed by atoms with Gasteiger partial charge in [-0.2, -0.15) is 0 Å². The third kappa shape index (κ3) is 3.86. The van der Waals surface area contributed by atoms with Gasteiger partial charge in [-0.05, 0) is 13.0 Å². The van der Waals surface area contributed by atoms with Crippen LogP contribution in [0.3, 0.4) is 0 Å². The molecule has 0 N–H and O–H groups in total. The van der Waals surface area contributed by atoms with Crippen LogP contribution in [0.15, 0.2) is 36.1 Å². The predicted molar refractivity (Wildman–Crippen MR) is 58.9 cm³/mol. The first-order chi connectivity index (χ1) is 6.93. The molecule has 1 aliphatic heterocycles. The van der Waals surface area contributed by atoms with Crippen molar-refractivity contribution in [2.45, 2.75) is 33.1 Å². The van der Waals surface area contributed by atoms with Crippen molar-refractivity contribution in [3.8, 4) is 0 Å². The normalized spacial score (nSPS) is 21.4. The molecule has 0 amide bonds. The van der Waals surface area contributed by atoms with Crippen LogP contribution < -0.4 is 0 Å². The number of ether oxygens (including phenoxy) is 1. The summed E-state index contributed by atoms with van der Waals surface area (Å²) in [6.07, 6.45) is 1.03. The maximum Gasteiger partial charge on any atom is 0.280 e. The molecule has 0 bridgehead atoms. The highest BCUT2D eigenvalue weighted by Gasteiger charge is 2.39. The molecule has 3 heteroatoms. The van der Waals surface area contributed by atoms with Crippen LogP contribution in [0.4, 0.5) is 8.78 Å². The SMILES string of the molecule is C=C(C)/C=C1\C(=C)OCCC1(F)F.CC. The Hall–Kier alpha value is -1.12. The Bertz CT molecular complexity index is 277. The second kappa shape index (κ2) is 5.69. The molecule has 0 saturated carbocycles. The van der Waals surface area contributed by atoms with Crippen LogP contribution in [0.1, 0.15) is 27.2 Å². The lowest BCUT2D eigenvalue weighted by atomic mass is 10.00. The molecule has 1 fully saturated rings. The van der Waals surface area contributed by atoms with Crippen molar-refractivity contribution in [1.82, 2.24) is 0 Å². The second-order valence-corrected chi connectivity index (χ2v) is 3.13. The number of hydrogen-bond acceptors (Lipinski definition) is 1. The lowest BCUT2D eigenvalue weighted by Gasteiger charge is -2.27. The van der Waals surface area contributed by atoms with Crippen LogP contribution >= 0.6 is 0 Å². The van der Waals surface area contributed by atoms with Gasteiger partial charge < -0.3 is 4.74 Å². The van der Waals surface area contributed by atoms with E-state index in [-0.39, 0.29) is 24.4 Å². The van der Waals surface area contributed by atoms with E-state index in [2.05, 4.69) is 13.2 Å². The Morgan fingerprint density at radius 2 is 2.00 bits per heavy atom. The molecule has 86 valence electrons. The van der Waals surface area contributed by atoms with Gasteiger partial charge in [0.25, 0.3) is 5.92 Å². The van der Waals surface area contributed by atoms with E-state index >= 15 is 0 Å². The Morgan fingerprint density at radius 3 is 2.40 bits per heavy atom. The predicted octanol–water partition coefficient (Wildman–Crippen LogP) is 4.08. The van der Waals surface area contributed by atoms with Crippen LogP contribution in [-0.2, 0) is 4.74 Å². The van der Waals surface area contributed by atoms with Crippen LogP contribution in [0, 0.1) is 0 Å². The van der Waals surface area contributed by atoms with E-state index in [0.29, 0.717) is 5.57 Å². The van der Waals surface area contributed by atoms with Crippen molar-refractivity contribution in [1.29, 1.82) is 0 Å². The maximum atomic E-state index is 13.2. The molecule has 0 aromatic rings. The molecule has 1 rings (SSSR count). The topological polar surface area (TPSA) is 9.23 Å². The summed E-state index contributed by atoms with van der Waals surface area (Å²) >= 11 is 0. The van der Waals surface area contributed by atoms with Crippen molar-refractivity contribution in [3.05, 3.63) is 36.1 Å². The van der Waals surface area contributed by atoms with Gasteiger partial charge in [-0.3, -0.25) is 0 Å². The number of hydrogen-bond donors (Lipinski definition) is 0. The number of allylic oxidation sites excluding steroid dienone is 3. The van der Waals surface area contributed by atoms with Crippen molar-refractivity contribution < 1.29 is 13.5 Å². The average Bonchev–Trinajstić information content (AvgIpc) is 2.14. The first-order valence-corrected chi connectivity index (χ1v) is 5.01. The van der Waals surface area contributed by atoms with Crippen molar-refractivity contribution >= 4 is 0 Å². The Labute approximate surface area is 90.1 Å². The van der Waals surface area contributed by atoms with Gasteiger partial charge in [0.15, 0.2) is 0 Å². The van der Waals surface area contributed by atoms with Crippen molar-refractivity contribution in [2.75, 3.05) is 6.61 Å². The van der Waals surface area contributed by atoms with E-state index in [4.69, 9.17) is 4.74 Å².